The van der Waals surface area contributed by atoms with Crippen LogP contribution in [0.5, 0.6) is 0 Å². The van der Waals surface area contributed by atoms with E-state index < -0.39 is 0 Å². The molecule has 0 aliphatic heterocycles. The van der Waals surface area contributed by atoms with E-state index in [1.807, 2.05) is 0 Å². The first-order valence-corrected chi connectivity index (χ1v) is 17.4. The van der Waals surface area contributed by atoms with Gasteiger partial charge in [-0.05, 0) is 103 Å². The molecule has 0 fully saturated rings. The molecular weight excluding hydrogens is 603 g/mol. The summed E-state index contributed by atoms with van der Waals surface area (Å²) in [7, 11) is 0. The van der Waals surface area contributed by atoms with Crippen LogP contribution in [0, 0.1) is 0 Å². The first-order chi connectivity index (χ1) is 24.6. The van der Waals surface area contributed by atoms with Crippen molar-refractivity contribution in [3.05, 3.63) is 199 Å². The van der Waals surface area contributed by atoms with Crippen LogP contribution in [0.25, 0.3) is 55.3 Å². The summed E-state index contributed by atoms with van der Waals surface area (Å²) in [6.07, 6.45) is 0. The molecule has 1 heteroatoms. The van der Waals surface area contributed by atoms with Gasteiger partial charge >= 0.3 is 0 Å². The maximum atomic E-state index is 2.41. The van der Waals surface area contributed by atoms with Gasteiger partial charge in [-0.25, -0.2) is 0 Å². The molecule has 0 amide bonds. The van der Waals surface area contributed by atoms with Gasteiger partial charge in [-0.15, -0.1) is 0 Å². The van der Waals surface area contributed by atoms with Gasteiger partial charge in [0.2, 0.25) is 0 Å². The fourth-order valence-electron chi connectivity index (χ4n) is 7.92. The van der Waals surface area contributed by atoms with Crippen molar-refractivity contribution in [1.29, 1.82) is 0 Å². The SMILES string of the molecule is CC1(C)c2ccccc2-c2ccc(N(c3ccc(-c4ccccc4)cc3)c3ccc(-c4ccc(-c5ccccc5)c5ccccc45)cc3)cc21. The molecule has 0 aromatic heterocycles. The molecule has 0 unspecified atom stereocenters. The number of fused-ring (bicyclic) bond motifs is 4. The van der Waals surface area contributed by atoms with Gasteiger partial charge in [-0.3, -0.25) is 0 Å². The Morgan fingerprint density at radius 3 is 1.36 bits per heavy atom. The fourth-order valence-corrected chi connectivity index (χ4v) is 7.92. The van der Waals surface area contributed by atoms with Crippen LogP contribution in [0.3, 0.4) is 0 Å². The molecule has 1 aliphatic carbocycles. The number of benzene rings is 8. The molecule has 0 heterocycles. The summed E-state index contributed by atoms with van der Waals surface area (Å²) in [6.45, 7) is 4.70. The van der Waals surface area contributed by atoms with Gasteiger partial charge < -0.3 is 4.90 Å². The van der Waals surface area contributed by atoms with Gasteiger partial charge in [0, 0.05) is 22.5 Å². The molecule has 0 N–H and O–H groups in total. The van der Waals surface area contributed by atoms with Gasteiger partial charge in [0.1, 0.15) is 0 Å². The topological polar surface area (TPSA) is 3.24 Å². The normalized spacial score (nSPS) is 12.8. The summed E-state index contributed by atoms with van der Waals surface area (Å²) >= 11 is 0. The van der Waals surface area contributed by atoms with Crippen LogP contribution >= 0.6 is 0 Å². The van der Waals surface area contributed by atoms with Crippen molar-refractivity contribution < 1.29 is 0 Å². The number of hydrogen-bond acceptors (Lipinski definition) is 1. The number of rotatable bonds is 6. The molecular formula is C49H37N. The Morgan fingerprint density at radius 1 is 0.320 bits per heavy atom. The highest BCUT2D eigenvalue weighted by Crippen LogP contribution is 2.50. The minimum Gasteiger partial charge on any atom is -0.310 e. The van der Waals surface area contributed by atoms with Crippen molar-refractivity contribution in [1.82, 2.24) is 0 Å². The molecule has 0 saturated heterocycles. The van der Waals surface area contributed by atoms with Crippen LogP contribution in [-0.2, 0) is 5.41 Å². The second-order valence-corrected chi connectivity index (χ2v) is 13.8. The first-order valence-electron chi connectivity index (χ1n) is 17.4. The van der Waals surface area contributed by atoms with Gasteiger partial charge in [0.15, 0.2) is 0 Å². The Hall–Kier alpha value is -6.18. The average Bonchev–Trinajstić information content (AvgIpc) is 3.41. The van der Waals surface area contributed by atoms with Crippen molar-refractivity contribution in [2.75, 3.05) is 4.90 Å². The zero-order chi connectivity index (χ0) is 33.7. The molecule has 8 aromatic rings. The van der Waals surface area contributed by atoms with Crippen molar-refractivity contribution in [3.8, 4) is 44.5 Å². The van der Waals surface area contributed by atoms with Crippen molar-refractivity contribution in [3.63, 3.8) is 0 Å². The highest BCUT2D eigenvalue weighted by Gasteiger charge is 2.35. The lowest BCUT2D eigenvalue weighted by Crippen LogP contribution is -2.16. The number of anilines is 3. The predicted molar refractivity (Wildman–Crippen MR) is 213 cm³/mol. The lowest BCUT2D eigenvalue weighted by molar-refractivity contribution is 0.660. The maximum absolute atomic E-state index is 2.41. The van der Waals surface area contributed by atoms with Gasteiger partial charge in [-0.2, -0.15) is 0 Å². The second kappa shape index (κ2) is 12.1. The number of hydrogen-bond donors (Lipinski definition) is 0. The minimum atomic E-state index is -0.0817. The van der Waals surface area contributed by atoms with E-state index in [1.54, 1.807) is 0 Å². The highest BCUT2D eigenvalue weighted by atomic mass is 15.1. The van der Waals surface area contributed by atoms with E-state index in [0.717, 1.165) is 17.1 Å². The summed E-state index contributed by atoms with van der Waals surface area (Å²) in [5.74, 6) is 0. The minimum absolute atomic E-state index is 0.0817. The maximum Gasteiger partial charge on any atom is 0.0465 e. The molecule has 9 rings (SSSR count). The molecule has 1 aliphatic rings. The summed E-state index contributed by atoms with van der Waals surface area (Å²) in [5.41, 5.74) is 16.1. The lowest BCUT2D eigenvalue weighted by Gasteiger charge is -2.28. The zero-order valence-corrected chi connectivity index (χ0v) is 28.3. The van der Waals surface area contributed by atoms with Crippen LogP contribution in [0.4, 0.5) is 17.1 Å². The van der Waals surface area contributed by atoms with E-state index >= 15 is 0 Å². The Balaban J connectivity index is 1.15. The van der Waals surface area contributed by atoms with Gasteiger partial charge in [0.05, 0.1) is 0 Å². The van der Waals surface area contributed by atoms with Gasteiger partial charge in [-0.1, -0.05) is 166 Å². The largest absolute Gasteiger partial charge is 0.310 e. The molecule has 1 nitrogen and oxygen atoms in total. The summed E-state index contributed by atoms with van der Waals surface area (Å²) < 4.78 is 0. The average molecular weight is 640 g/mol. The summed E-state index contributed by atoms with van der Waals surface area (Å²) in [5, 5.41) is 2.53. The second-order valence-electron chi connectivity index (χ2n) is 13.8. The van der Waals surface area contributed by atoms with Crippen LogP contribution < -0.4 is 4.90 Å². The molecule has 0 saturated carbocycles. The number of nitrogens with zero attached hydrogens (tertiary/aromatic N) is 1. The predicted octanol–water partition coefficient (Wildman–Crippen LogP) is 13.6. The Kier molecular flexibility index (Phi) is 7.21. The van der Waals surface area contributed by atoms with E-state index in [1.165, 1.54) is 66.4 Å². The third kappa shape index (κ3) is 5.02. The monoisotopic (exact) mass is 639 g/mol. The van der Waals surface area contributed by atoms with E-state index in [0.29, 0.717) is 0 Å². The third-order valence-corrected chi connectivity index (χ3v) is 10.5. The Labute approximate surface area is 294 Å². The molecule has 0 atom stereocenters. The molecule has 0 bridgehead atoms. The van der Waals surface area contributed by atoms with Crippen LogP contribution in [0.15, 0.2) is 188 Å². The fraction of sp³-hybridized carbons (Fsp3) is 0.0612. The summed E-state index contributed by atoms with van der Waals surface area (Å²) in [4.78, 5) is 2.40. The highest BCUT2D eigenvalue weighted by molar-refractivity contribution is 6.05. The van der Waals surface area contributed by atoms with E-state index in [-0.39, 0.29) is 5.41 Å². The standard InChI is InChI=1S/C49H37N/c1-49(2)47-20-12-11-19-45(47)46-30-29-40(33-48(46)49)50(38-25-21-35(22-26-38)34-13-5-3-6-14-34)39-27-23-37(24-28-39)42-32-31-41(36-15-7-4-8-16-36)43-17-9-10-18-44(42)43/h3-33H,1-2H3. The zero-order valence-electron chi connectivity index (χ0n) is 28.3. The van der Waals surface area contributed by atoms with E-state index in [4.69, 9.17) is 0 Å². The molecule has 8 aromatic carbocycles. The Morgan fingerprint density at radius 2 is 0.740 bits per heavy atom. The lowest BCUT2D eigenvalue weighted by atomic mass is 9.82. The van der Waals surface area contributed by atoms with Crippen molar-refractivity contribution >= 4 is 27.8 Å². The molecule has 0 spiro atoms. The smallest absolute Gasteiger partial charge is 0.0465 e. The first kappa shape index (κ1) is 29.9. The van der Waals surface area contributed by atoms with E-state index in [2.05, 4.69) is 207 Å². The summed E-state index contributed by atoms with van der Waals surface area (Å²) in [6, 6.07) is 68.5. The molecule has 50 heavy (non-hydrogen) atoms. The third-order valence-electron chi connectivity index (χ3n) is 10.5. The van der Waals surface area contributed by atoms with Crippen LogP contribution in [0.1, 0.15) is 25.0 Å². The van der Waals surface area contributed by atoms with Crippen LogP contribution in [0.2, 0.25) is 0 Å². The van der Waals surface area contributed by atoms with Crippen molar-refractivity contribution in [2.45, 2.75) is 19.3 Å². The van der Waals surface area contributed by atoms with Crippen molar-refractivity contribution in [2.24, 2.45) is 0 Å². The quantitative estimate of drug-likeness (QED) is 0.175. The van der Waals surface area contributed by atoms with Crippen LogP contribution in [-0.4, -0.2) is 0 Å². The molecule has 238 valence electrons. The van der Waals surface area contributed by atoms with Gasteiger partial charge in [0.25, 0.3) is 0 Å². The molecule has 0 radical (unpaired) electrons. The Bertz CT molecular complexity index is 2470. The van der Waals surface area contributed by atoms with E-state index in [9.17, 15) is 0 Å².